The van der Waals surface area contributed by atoms with Crippen LogP contribution in [-0.4, -0.2) is 25.8 Å². The van der Waals surface area contributed by atoms with Crippen LogP contribution in [0.3, 0.4) is 0 Å². The second kappa shape index (κ2) is 4.14. The van der Waals surface area contributed by atoms with E-state index in [2.05, 4.69) is 10.1 Å². The van der Waals surface area contributed by atoms with Gasteiger partial charge in [-0.25, -0.2) is 9.67 Å². The van der Waals surface area contributed by atoms with Crippen molar-refractivity contribution in [2.75, 3.05) is 0 Å². The van der Waals surface area contributed by atoms with Gasteiger partial charge in [0.1, 0.15) is 12.2 Å². The Balaban J connectivity index is 2.26. The Kier molecular flexibility index (Phi) is 2.68. The number of benzene rings is 1. The molecule has 1 aromatic carbocycles. The lowest BCUT2D eigenvalue weighted by molar-refractivity contribution is -0.136. The van der Waals surface area contributed by atoms with Crippen LogP contribution in [0.5, 0.6) is 0 Å². The molecule has 1 N–H and O–H groups in total. The molecule has 1 heterocycles. The summed E-state index contributed by atoms with van der Waals surface area (Å²) < 4.78 is 1.70. The maximum absolute atomic E-state index is 10.5. The van der Waals surface area contributed by atoms with Gasteiger partial charge in [-0.05, 0) is 24.6 Å². The number of hydrogen-bond donors (Lipinski definition) is 1. The first-order valence-electron chi connectivity index (χ1n) is 4.84. The molecule has 0 atom stereocenters. The molecule has 0 amide bonds. The summed E-state index contributed by atoms with van der Waals surface area (Å²) in [5.74, 6) is -0.0318. The number of aliphatic carboxylic acids is 1. The Morgan fingerprint density at radius 1 is 1.38 bits per heavy atom. The topological polar surface area (TPSA) is 68.0 Å². The fourth-order valence-corrected chi connectivity index (χ4v) is 1.48. The van der Waals surface area contributed by atoms with Crippen LogP contribution in [0.15, 0.2) is 30.6 Å². The minimum atomic E-state index is -0.829. The first kappa shape index (κ1) is 10.4. The largest absolute Gasteiger partial charge is 0.481 e. The fourth-order valence-electron chi connectivity index (χ4n) is 1.48. The Bertz CT molecular complexity index is 502. The molecular weight excluding hydrogens is 206 g/mol. The van der Waals surface area contributed by atoms with Crippen molar-refractivity contribution in [1.82, 2.24) is 14.8 Å². The smallest absolute Gasteiger partial charge is 0.307 e. The van der Waals surface area contributed by atoms with Gasteiger partial charge < -0.3 is 5.11 Å². The van der Waals surface area contributed by atoms with Gasteiger partial charge in [-0.1, -0.05) is 12.1 Å². The molecule has 0 saturated carbocycles. The maximum atomic E-state index is 10.5. The minimum absolute atomic E-state index is 0.0383. The molecule has 0 bridgehead atoms. The van der Waals surface area contributed by atoms with E-state index in [4.69, 9.17) is 5.11 Å². The minimum Gasteiger partial charge on any atom is -0.481 e. The van der Waals surface area contributed by atoms with Crippen LogP contribution in [0.4, 0.5) is 0 Å². The first-order valence-corrected chi connectivity index (χ1v) is 4.84. The van der Waals surface area contributed by atoms with Gasteiger partial charge in [0.25, 0.3) is 0 Å². The van der Waals surface area contributed by atoms with Gasteiger partial charge in [0.05, 0.1) is 12.1 Å². The lowest BCUT2D eigenvalue weighted by Gasteiger charge is -2.03. The van der Waals surface area contributed by atoms with E-state index in [1.54, 1.807) is 16.8 Å². The third-order valence-electron chi connectivity index (χ3n) is 2.25. The zero-order valence-electron chi connectivity index (χ0n) is 8.79. The number of aromatic nitrogens is 3. The Hall–Kier alpha value is -2.17. The highest BCUT2D eigenvalue weighted by Crippen LogP contribution is 2.10. The van der Waals surface area contributed by atoms with Crippen molar-refractivity contribution < 1.29 is 9.90 Å². The maximum Gasteiger partial charge on any atom is 0.307 e. The number of carboxylic acids is 1. The van der Waals surface area contributed by atoms with Crippen LogP contribution in [0.2, 0.25) is 0 Å². The van der Waals surface area contributed by atoms with Crippen LogP contribution >= 0.6 is 0 Å². The average molecular weight is 217 g/mol. The summed E-state index contributed by atoms with van der Waals surface area (Å²) in [6.07, 6.45) is 1.52. The third kappa shape index (κ3) is 2.08. The van der Waals surface area contributed by atoms with Gasteiger partial charge >= 0.3 is 5.97 Å². The highest BCUT2D eigenvalue weighted by Gasteiger charge is 2.03. The van der Waals surface area contributed by atoms with Crippen molar-refractivity contribution in [2.45, 2.75) is 13.3 Å². The van der Waals surface area contributed by atoms with E-state index in [-0.39, 0.29) is 6.42 Å². The molecule has 0 aliphatic heterocycles. The van der Waals surface area contributed by atoms with Gasteiger partial charge in [-0.15, -0.1) is 0 Å². The fraction of sp³-hybridized carbons (Fsp3) is 0.182. The summed E-state index contributed by atoms with van der Waals surface area (Å²) in [7, 11) is 0. The van der Waals surface area contributed by atoms with Crippen molar-refractivity contribution in [1.29, 1.82) is 0 Å². The molecule has 0 unspecified atom stereocenters. The molecule has 0 aliphatic carbocycles. The lowest BCUT2D eigenvalue weighted by Crippen LogP contribution is -2.02. The molecule has 2 aromatic rings. The molecule has 0 radical (unpaired) electrons. The quantitative estimate of drug-likeness (QED) is 0.838. The van der Waals surface area contributed by atoms with Crippen LogP contribution in [-0.2, 0) is 11.2 Å². The monoisotopic (exact) mass is 217 g/mol. The van der Waals surface area contributed by atoms with Crippen molar-refractivity contribution >= 4 is 5.97 Å². The molecule has 82 valence electrons. The van der Waals surface area contributed by atoms with Gasteiger partial charge in [0, 0.05) is 0 Å². The zero-order chi connectivity index (χ0) is 11.5. The second-order valence-corrected chi connectivity index (χ2v) is 3.46. The van der Waals surface area contributed by atoms with E-state index in [9.17, 15) is 4.79 Å². The van der Waals surface area contributed by atoms with Gasteiger partial charge in [-0.3, -0.25) is 4.79 Å². The van der Waals surface area contributed by atoms with Crippen molar-refractivity contribution in [3.63, 3.8) is 0 Å². The summed E-state index contributed by atoms with van der Waals surface area (Å²) in [4.78, 5) is 14.5. The molecule has 2 rings (SSSR count). The molecule has 5 heteroatoms. The van der Waals surface area contributed by atoms with E-state index in [0.717, 1.165) is 17.1 Å². The van der Waals surface area contributed by atoms with E-state index in [1.165, 1.54) is 6.33 Å². The van der Waals surface area contributed by atoms with Gasteiger partial charge in [0.15, 0.2) is 0 Å². The predicted octanol–water partition coefficient (Wildman–Crippen LogP) is 1.20. The van der Waals surface area contributed by atoms with E-state index in [1.807, 2.05) is 19.1 Å². The summed E-state index contributed by atoms with van der Waals surface area (Å²) in [5, 5.41) is 12.7. The Morgan fingerprint density at radius 2 is 2.06 bits per heavy atom. The van der Waals surface area contributed by atoms with Crippen molar-refractivity contribution in [3.8, 4) is 5.69 Å². The molecular formula is C11H11N3O2. The molecule has 5 nitrogen and oxygen atoms in total. The van der Waals surface area contributed by atoms with E-state index < -0.39 is 5.97 Å². The molecule has 0 saturated heterocycles. The highest BCUT2D eigenvalue weighted by atomic mass is 16.4. The number of rotatable bonds is 3. The lowest BCUT2D eigenvalue weighted by atomic mass is 10.1. The van der Waals surface area contributed by atoms with E-state index in [0.29, 0.717) is 0 Å². The SMILES string of the molecule is Cc1ncnn1-c1ccc(CC(=O)O)cc1. The summed E-state index contributed by atoms with van der Waals surface area (Å²) >= 11 is 0. The Morgan fingerprint density at radius 3 is 2.56 bits per heavy atom. The van der Waals surface area contributed by atoms with Gasteiger partial charge in [-0.2, -0.15) is 5.10 Å². The number of hydrogen-bond acceptors (Lipinski definition) is 3. The van der Waals surface area contributed by atoms with Crippen LogP contribution < -0.4 is 0 Å². The molecule has 0 aliphatic rings. The highest BCUT2D eigenvalue weighted by molar-refractivity contribution is 5.70. The van der Waals surface area contributed by atoms with Crippen LogP contribution in [0.1, 0.15) is 11.4 Å². The number of aryl methyl sites for hydroxylation is 1. The van der Waals surface area contributed by atoms with Crippen molar-refractivity contribution in [2.24, 2.45) is 0 Å². The average Bonchev–Trinajstić information content (AvgIpc) is 2.65. The first-order chi connectivity index (χ1) is 7.66. The molecule has 1 aromatic heterocycles. The third-order valence-corrected chi connectivity index (χ3v) is 2.25. The normalized spacial score (nSPS) is 10.3. The summed E-state index contributed by atoms with van der Waals surface area (Å²) in [6, 6.07) is 7.23. The second-order valence-electron chi connectivity index (χ2n) is 3.46. The molecule has 0 fully saturated rings. The summed E-state index contributed by atoms with van der Waals surface area (Å²) in [5.41, 5.74) is 1.65. The van der Waals surface area contributed by atoms with Gasteiger partial charge in [0.2, 0.25) is 0 Å². The standard InChI is InChI=1S/C11H11N3O2/c1-8-12-7-13-14(8)10-4-2-9(3-5-10)6-11(15)16/h2-5,7H,6H2,1H3,(H,15,16). The molecule has 0 spiro atoms. The zero-order valence-corrected chi connectivity index (χ0v) is 8.79. The summed E-state index contributed by atoms with van der Waals surface area (Å²) in [6.45, 7) is 1.86. The predicted molar refractivity (Wildman–Crippen MR) is 57.4 cm³/mol. The van der Waals surface area contributed by atoms with E-state index >= 15 is 0 Å². The van der Waals surface area contributed by atoms with Crippen LogP contribution in [0.25, 0.3) is 5.69 Å². The number of carboxylic acid groups (broad SMARTS) is 1. The van der Waals surface area contributed by atoms with Crippen molar-refractivity contribution in [3.05, 3.63) is 42.0 Å². The number of nitrogens with zero attached hydrogens (tertiary/aromatic N) is 3. The Labute approximate surface area is 92.4 Å². The van der Waals surface area contributed by atoms with Crippen LogP contribution in [0, 0.1) is 6.92 Å². The molecule has 16 heavy (non-hydrogen) atoms. The number of carbonyl (C=O) groups is 1.